The molecule has 0 fully saturated rings. The third-order valence-corrected chi connectivity index (χ3v) is 2.47. The fourth-order valence-corrected chi connectivity index (χ4v) is 1.65. The van der Waals surface area contributed by atoms with E-state index in [-0.39, 0.29) is 5.69 Å². The monoisotopic (exact) mass is 243 g/mol. The molecule has 0 amide bonds. The molecule has 1 heterocycles. The van der Waals surface area contributed by atoms with E-state index in [0.29, 0.717) is 30.8 Å². The zero-order valence-electron chi connectivity index (χ0n) is 10.2. The van der Waals surface area contributed by atoms with Gasteiger partial charge in [-0.2, -0.15) is 5.10 Å². The van der Waals surface area contributed by atoms with E-state index in [2.05, 4.69) is 9.84 Å². The lowest BCUT2D eigenvalue weighted by atomic mass is 10.1. The number of hydrogen-bond acceptors (Lipinski definition) is 4. The maximum absolute atomic E-state index is 12.2. The number of ether oxygens (including phenoxy) is 1. The van der Waals surface area contributed by atoms with Crippen molar-refractivity contribution in [1.82, 2.24) is 9.78 Å². The quantitative estimate of drug-likeness (QED) is 0.770. The summed E-state index contributed by atoms with van der Waals surface area (Å²) in [6, 6.07) is 0. The van der Waals surface area contributed by atoms with Gasteiger partial charge in [0.2, 0.25) is 0 Å². The lowest BCUT2D eigenvalue weighted by Gasteiger charge is -2.02. The molecule has 0 saturated heterocycles. The first-order chi connectivity index (χ1) is 8.15. The van der Waals surface area contributed by atoms with Gasteiger partial charge in [-0.1, -0.05) is 6.92 Å². The van der Waals surface area contributed by atoms with Gasteiger partial charge >= 0.3 is 5.97 Å². The molecule has 5 nitrogen and oxygen atoms in total. The number of carbonyl (C=O) groups excluding carboxylic acids is 1. The molecule has 0 aliphatic carbocycles. The number of carbonyl (C=O) groups is 1. The van der Waals surface area contributed by atoms with Crippen LogP contribution in [0.25, 0.3) is 0 Å². The van der Waals surface area contributed by atoms with Gasteiger partial charge in [0.15, 0.2) is 5.69 Å². The summed E-state index contributed by atoms with van der Waals surface area (Å²) in [5.74, 6) is -0.0962. The van der Waals surface area contributed by atoms with Crippen molar-refractivity contribution in [2.45, 2.75) is 32.7 Å². The van der Waals surface area contributed by atoms with Crippen molar-refractivity contribution in [3.05, 3.63) is 11.3 Å². The van der Waals surface area contributed by atoms with Crippen LogP contribution in [0.4, 0.5) is 10.2 Å². The molecule has 96 valence electrons. The minimum absolute atomic E-state index is 0.201. The number of methoxy groups -OCH3 is 1. The van der Waals surface area contributed by atoms with E-state index < -0.39 is 12.6 Å². The summed E-state index contributed by atoms with van der Waals surface area (Å²) in [6.45, 7) is 2.17. The number of aromatic nitrogens is 2. The van der Waals surface area contributed by atoms with E-state index in [1.165, 1.54) is 7.11 Å². The second-order valence-corrected chi connectivity index (χ2v) is 3.72. The van der Waals surface area contributed by atoms with Crippen molar-refractivity contribution in [2.75, 3.05) is 19.5 Å². The number of esters is 1. The molecule has 2 N–H and O–H groups in total. The van der Waals surface area contributed by atoms with E-state index in [1.54, 1.807) is 4.68 Å². The third-order valence-electron chi connectivity index (χ3n) is 2.47. The second kappa shape index (κ2) is 6.22. The average molecular weight is 243 g/mol. The fraction of sp³-hybridized carbons (Fsp3) is 0.636. The van der Waals surface area contributed by atoms with Crippen LogP contribution in [0.15, 0.2) is 0 Å². The first kappa shape index (κ1) is 13.5. The summed E-state index contributed by atoms with van der Waals surface area (Å²) in [5.41, 5.74) is 6.68. The van der Waals surface area contributed by atoms with Gasteiger partial charge in [-0.3, -0.25) is 4.39 Å². The highest BCUT2D eigenvalue weighted by Gasteiger charge is 2.21. The predicted molar refractivity (Wildman–Crippen MR) is 62.6 cm³/mol. The van der Waals surface area contributed by atoms with Gasteiger partial charge in [0.1, 0.15) is 5.82 Å². The Hall–Kier alpha value is -1.59. The highest BCUT2D eigenvalue weighted by molar-refractivity contribution is 5.90. The first-order valence-corrected chi connectivity index (χ1v) is 5.65. The molecule has 0 saturated carbocycles. The topological polar surface area (TPSA) is 70.1 Å². The van der Waals surface area contributed by atoms with Gasteiger partial charge in [0.25, 0.3) is 0 Å². The SMILES string of the molecule is CCCn1nc(C(=O)OC)c(CCCF)c1N. The smallest absolute Gasteiger partial charge is 0.358 e. The highest BCUT2D eigenvalue weighted by Crippen LogP contribution is 2.20. The lowest BCUT2D eigenvalue weighted by Crippen LogP contribution is -2.07. The van der Waals surface area contributed by atoms with Crippen molar-refractivity contribution < 1.29 is 13.9 Å². The van der Waals surface area contributed by atoms with Crippen LogP contribution < -0.4 is 5.73 Å². The summed E-state index contributed by atoms with van der Waals surface area (Å²) in [6.07, 6.45) is 1.58. The molecular formula is C11H18FN3O2. The zero-order valence-corrected chi connectivity index (χ0v) is 10.2. The van der Waals surface area contributed by atoms with Crippen LogP contribution in [-0.4, -0.2) is 29.5 Å². The number of nitrogens with zero attached hydrogens (tertiary/aromatic N) is 2. The third kappa shape index (κ3) is 2.95. The van der Waals surface area contributed by atoms with Gasteiger partial charge in [-0.15, -0.1) is 0 Å². The van der Waals surface area contributed by atoms with Gasteiger partial charge in [0, 0.05) is 12.1 Å². The van der Waals surface area contributed by atoms with Crippen molar-refractivity contribution in [3.8, 4) is 0 Å². The zero-order chi connectivity index (χ0) is 12.8. The number of nitrogens with two attached hydrogens (primary N) is 1. The van der Waals surface area contributed by atoms with Crippen LogP contribution in [0.2, 0.25) is 0 Å². The first-order valence-electron chi connectivity index (χ1n) is 5.65. The summed E-state index contributed by atoms with van der Waals surface area (Å²) < 4.78 is 18.4. The van der Waals surface area contributed by atoms with Crippen molar-refractivity contribution in [3.63, 3.8) is 0 Å². The van der Waals surface area contributed by atoms with Crippen molar-refractivity contribution in [1.29, 1.82) is 0 Å². The van der Waals surface area contributed by atoms with Gasteiger partial charge in [-0.25, -0.2) is 9.48 Å². The summed E-state index contributed by atoms with van der Waals surface area (Å²) in [7, 11) is 1.29. The number of rotatable bonds is 6. The largest absolute Gasteiger partial charge is 0.464 e. The van der Waals surface area contributed by atoms with E-state index in [0.717, 1.165) is 6.42 Å². The number of anilines is 1. The Morgan fingerprint density at radius 1 is 1.59 bits per heavy atom. The second-order valence-electron chi connectivity index (χ2n) is 3.72. The van der Waals surface area contributed by atoms with Crippen LogP contribution in [-0.2, 0) is 17.7 Å². The molecule has 0 unspecified atom stereocenters. The van der Waals surface area contributed by atoms with Crippen molar-refractivity contribution in [2.24, 2.45) is 0 Å². The van der Waals surface area contributed by atoms with Crippen LogP contribution in [0.1, 0.15) is 35.8 Å². The van der Waals surface area contributed by atoms with Crippen LogP contribution in [0, 0.1) is 0 Å². The molecule has 1 rings (SSSR count). The maximum Gasteiger partial charge on any atom is 0.358 e. The summed E-state index contributed by atoms with van der Waals surface area (Å²) in [5, 5.41) is 4.12. The van der Waals surface area contributed by atoms with Gasteiger partial charge < -0.3 is 10.5 Å². The molecule has 0 aliphatic rings. The molecule has 0 spiro atoms. The number of nitrogen functional groups attached to an aromatic ring is 1. The van der Waals surface area contributed by atoms with Crippen LogP contribution >= 0.6 is 0 Å². The molecular weight excluding hydrogens is 225 g/mol. The molecule has 0 aliphatic heterocycles. The molecule has 1 aromatic heterocycles. The molecule has 0 atom stereocenters. The van der Waals surface area contributed by atoms with Crippen molar-refractivity contribution >= 4 is 11.8 Å². The number of alkyl halides is 1. The van der Waals surface area contributed by atoms with E-state index >= 15 is 0 Å². The summed E-state index contributed by atoms with van der Waals surface area (Å²) >= 11 is 0. The maximum atomic E-state index is 12.2. The van der Waals surface area contributed by atoms with Gasteiger partial charge in [0.05, 0.1) is 13.8 Å². The molecule has 6 heteroatoms. The standard InChI is InChI=1S/C11H18FN3O2/c1-3-7-15-10(13)8(5-4-6-12)9(14-15)11(16)17-2/h3-7,13H2,1-2H3. The fourth-order valence-electron chi connectivity index (χ4n) is 1.65. The van der Waals surface area contributed by atoms with Gasteiger partial charge in [-0.05, 0) is 19.3 Å². The Balaban J connectivity index is 3.07. The van der Waals surface area contributed by atoms with E-state index in [1.807, 2.05) is 6.92 Å². The average Bonchev–Trinajstić information content (AvgIpc) is 2.64. The molecule has 17 heavy (non-hydrogen) atoms. The minimum Gasteiger partial charge on any atom is -0.464 e. The Bertz CT molecular complexity index is 390. The molecule has 0 radical (unpaired) electrons. The molecule has 0 bridgehead atoms. The minimum atomic E-state index is -0.527. The van der Waals surface area contributed by atoms with E-state index in [4.69, 9.17) is 5.73 Å². The number of hydrogen-bond donors (Lipinski definition) is 1. The van der Waals surface area contributed by atoms with Crippen LogP contribution in [0.5, 0.6) is 0 Å². The molecule has 0 aromatic carbocycles. The lowest BCUT2D eigenvalue weighted by molar-refractivity contribution is 0.0591. The number of halogens is 1. The number of aryl methyl sites for hydroxylation is 1. The van der Waals surface area contributed by atoms with E-state index in [9.17, 15) is 9.18 Å². The normalized spacial score (nSPS) is 10.5. The Kier molecular flexibility index (Phi) is 4.93. The molecule has 1 aromatic rings. The Labute approximate surface area is 99.7 Å². The Morgan fingerprint density at radius 3 is 2.82 bits per heavy atom. The summed E-state index contributed by atoms with van der Waals surface area (Å²) in [4.78, 5) is 11.5. The highest BCUT2D eigenvalue weighted by atomic mass is 19.1. The van der Waals surface area contributed by atoms with Crippen LogP contribution in [0.3, 0.4) is 0 Å². The Morgan fingerprint density at radius 2 is 2.29 bits per heavy atom. The predicted octanol–water partition coefficient (Wildman–Crippen LogP) is 1.56.